The zero-order chi connectivity index (χ0) is 18.8. The quantitative estimate of drug-likeness (QED) is 0.384. The fraction of sp³-hybridized carbons (Fsp3) is 0.211. The molecule has 1 heterocycles. The number of carbonyl (C=O) groups is 1. The Balaban J connectivity index is 2.25. The molecule has 7 heteroatoms. The summed E-state index contributed by atoms with van der Waals surface area (Å²) in [6.07, 6.45) is 0. The summed E-state index contributed by atoms with van der Waals surface area (Å²) in [5.41, 5.74) is 2.05. The Kier molecular flexibility index (Phi) is 5.34. The first-order valence-electron chi connectivity index (χ1n) is 7.94. The predicted octanol–water partition coefficient (Wildman–Crippen LogP) is 4.00. The first-order valence-corrected chi connectivity index (χ1v) is 9.20. The van der Waals surface area contributed by atoms with E-state index in [1.165, 1.54) is 23.4 Å². The highest BCUT2D eigenvalue weighted by Crippen LogP contribution is 2.26. The molecule has 0 spiro atoms. The second-order valence-corrected chi connectivity index (χ2v) is 7.56. The van der Waals surface area contributed by atoms with E-state index in [1.54, 1.807) is 25.1 Å². The summed E-state index contributed by atoms with van der Waals surface area (Å²) in [5, 5.41) is 0.853. The molecular weight excluding hydrogens is 372 g/mol. The number of hydrogen-bond acceptors (Lipinski definition) is 5. The summed E-state index contributed by atoms with van der Waals surface area (Å²) in [6.45, 7) is 3.69. The number of aryl methyl sites for hydroxylation is 1. The maximum absolute atomic E-state index is 13.1. The van der Waals surface area contributed by atoms with Gasteiger partial charge in [0.25, 0.3) is 5.56 Å². The lowest BCUT2D eigenvalue weighted by atomic mass is 10.2. The largest absolute Gasteiger partial charge is 0.468 e. The van der Waals surface area contributed by atoms with Gasteiger partial charge in [0.1, 0.15) is 5.25 Å². The molecule has 0 fully saturated rings. The SMILES string of the molecule is COC(=O)[C@@H](C)Sc1nc2cc(Cl)ccc2c(=O)n1-c1ccc(C)cc1. The molecule has 1 aromatic heterocycles. The van der Waals surface area contributed by atoms with Crippen LogP contribution in [0.4, 0.5) is 0 Å². The molecule has 0 aliphatic heterocycles. The van der Waals surface area contributed by atoms with Crippen molar-refractivity contribution in [3.8, 4) is 5.69 Å². The molecule has 0 bridgehead atoms. The van der Waals surface area contributed by atoms with Crippen LogP contribution in [0.2, 0.25) is 5.02 Å². The number of ether oxygens (including phenoxy) is 1. The van der Waals surface area contributed by atoms with Gasteiger partial charge in [-0.1, -0.05) is 41.1 Å². The molecular formula is C19H17ClN2O3S. The van der Waals surface area contributed by atoms with Crippen LogP contribution in [0.15, 0.2) is 52.4 Å². The van der Waals surface area contributed by atoms with Crippen molar-refractivity contribution in [2.45, 2.75) is 24.3 Å². The minimum absolute atomic E-state index is 0.213. The number of rotatable bonds is 4. The Hall–Kier alpha value is -2.31. The summed E-state index contributed by atoms with van der Waals surface area (Å²) >= 11 is 7.22. The molecule has 0 saturated heterocycles. The second-order valence-electron chi connectivity index (χ2n) is 5.82. The highest BCUT2D eigenvalue weighted by atomic mass is 35.5. The van der Waals surface area contributed by atoms with Crippen molar-refractivity contribution in [1.29, 1.82) is 0 Å². The number of esters is 1. The molecule has 2 aromatic carbocycles. The van der Waals surface area contributed by atoms with Crippen LogP contribution in [0.5, 0.6) is 0 Å². The van der Waals surface area contributed by atoms with E-state index >= 15 is 0 Å². The van der Waals surface area contributed by atoms with Crippen LogP contribution in [0.25, 0.3) is 16.6 Å². The highest BCUT2D eigenvalue weighted by Gasteiger charge is 2.20. The van der Waals surface area contributed by atoms with E-state index in [9.17, 15) is 9.59 Å². The number of carbonyl (C=O) groups excluding carboxylic acids is 1. The molecule has 0 unspecified atom stereocenters. The van der Waals surface area contributed by atoms with Crippen molar-refractivity contribution in [3.05, 3.63) is 63.4 Å². The number of halogens is 1. The smallest absolute Gasteiger partial charge is 0.318 e. The van der Waals surface area contributed by atoms with Crippen molar-refractivity contribution in [2.75, 3.05) is 7.11 Å². The first kappa shape index (κ1) is 18.5. The van der Waals surface area contributed by atoms with Crippen LogP contribution in [-0.2, 0) is 9.53 Å². The minimum atomic E-state index is -0.514. The van der Waals surface area contributed by atoms with Crippen molar-refractivity contribution in [1.82, 2.24) is 9.55 Å². The van der Waals surface area contributed by atoms with E-state index in [1.807, 2.05) is 31.2 Å². The second kappa shape index (κ2) is 7.51. The molecule has 3 aromatic rings. The van der Waals surface area contributed by atoms with Gasteiger partial charge in [-0.3, -0.25) is 14.2 Å². The number of aromatic nitrogens is 2. The minimum Gasteiger partial charge on any atom is -0.468 e. The Morgan fingerprint density at radius 2 is 1.92 bits per heavy atom. The number of methoxy groups -OCH3 is 1. The monoisotopic (exact) mass is 388 g/mol. The topological polar surface area (TPSA) is 61.2 Å². The van der Waals surface area contributed by atoms with E-state index in [2.05, 4.69) is 4.98 Å². The van der Waals surface area contributed by atoms with Gasteiger partial charge < -0.3 is 4.74 Å². The summed E-state index contributed by atoms with van der Waals surface area (Å²) in [5.74, 6) is -0.383. The molecule has 3 rings (SSSR count). The fourth-order valence-electron chi connectivity index (χ4n) is 2.51. The van der Waals surface area contributed by atoms with E-state index in [-0.39, 0.29) is 11.5 Å². The predicted molar refractivity (Wildman–Crippen MR) is 104 cm³/mol. The third-order valence-electron chi connectivity index (χ3n) is 3.91. The van der Waals surface area contributed by atoms with E-state index in [0.717, 1.165) is 5.56 Å². The van der Waals surface area contributed by atoms with Crippen molar-refractivity contribution in [3.63, 3.8) is 0 Å². The molecule has 0 aliphatic rings. The van der Waals surface area contributed by atoms with Gasteiger partial charge in [-0.15, -0.1) is 0 Å². The van der Waals surface area contributed by atoms with Crippen LogP contribution < -0.4 is 5.56 Å². The lowest BCUT2D eigenvalue weighted by molar-refractivity contribution is -0.139. The third kappa shape index (κ3) is 3.61. The Bertz CT molecular complexity index is 1030. The van der Waals surface area contributed by atoms with E-state index < -0.39 is 5.25 Å². The first-order chi connectivity index (χ1) is 12.4. The molecule has 0 N–H and O–H groups in total. The molecule has 1 atom stereocenters. The number of nitrogens with zero attached hydrogens (tertiary/aromatic N) is 2. The molecule has 0 amide bonds. The summed E-state index contributed by atoms with van der Waals surface area (Å²) in [6, 6.07) is 12.5. The van der Waals surface area contributed by atoms with Gasteiger partial charge in [-0.05, 0) is 44.2 Å². The standard InChI is InChI=1S/C19H17ClN2O3S/c1-11-4-7-14(8-5-11)22-17(23)15-9-6-13(20)10-16(15)21-19(22)26-12(2)18(24)25-3/h4-10,12H,1-3H3/t12-/m1/s1. The highest BCUT2D eigenvalue weighted by molar-refractivity contribution is 8.00. The molecule has 5 nitrogen and oxygen atoms in total. The van der Waals surface area contributed by atoms with E-state index in [4.69, 9.17) is 16.3 Å². The van der Waals surface area contributed by atoms with Crippen LogP contribution in [0.1, 0.15) is 12.5 Å². The molecule has 134 valence electrons. The molecule has 26 heavy (non-hydrogen) atoms. The van der Waals surface area contributed by atoms with Gasteiger partial charge in [-0.2, -0.15) is 0 Å². The van der Waals surface area contributed by atoms with Gasteiger partial charge in [0.2, 0.25) is 0 Å². The van der Waals surface area contributed by atoms with Gasteiger partial charge in [0, 0.05) is 5.02 Å². The molecule has 0 saturated carbocycles. The van der Waals surface area contributed by atoms with Crippen LogP contribution in [-0.4, -0.2) is 27.9 Å². The van der Waals surface area contributed by atoms with Gasteiger partial charge in [0.15, 0.2) is 5.16 Å². The lowest BCUT2D eigenvalue weighted by Gasteiger charge is -2.15. The van der Waals surface area contributed by atoms with Crippen LogP contribution in [0, 0.1) is 6.92 Å². The average molecular weight is 389 g/mol. The molecule has 0 radical (unpaired) electrons. The summed E-state index contributed by atoms with van der Waals surface area (Å²) in [4.78, 5) is 29.5. The maximum Gasteiger partial charge on any atom is 0.318 e. The Labute approximate surface area is 160 Å². The summed E-state index contributed by atoms with van der Waals surface area (Å²) in [7, 11) is 1.33. The van der Waals surface area contributed by atoms with Crippen molar-refractivity contribution >= 4 is 40.2 Å². The van der Waals surface area contributed by atoms with Crippen molar-refractivity contribution in [2.24, 2.45) is 0 Å². The number of thioether (sulfide) groups is 1. The lowest BCUT2D eigenvalue weighted by Crippen LogP contribution is -2.24. The van der Waals surface area contributed by atoms with Crippen LogP contribution >= 0.6 is 23.4 Å². The van der Waals surface area contributed by atoms with Gasteiger partial charge in [-0.25, -0.2) is 4.98 Å². The number of hydrogen-bond donors (Lipinski definition) is 0. The maximum atomic E-state index is 13.1. The molecule has 0 aliphatic carbocycles. The number of benzene rings is 2. The number of fused-ring (bicyclic) bond motifs is 1. The van der Waals surface area contributed by atoms with Crippen LogP contribution in [0.3, 0.4) is 0 Å². The Morgan fingerprint density at radius 3 is 2.58 bits per heavy atom. The summed E-state index contributed by atoms with van der Waals surface area (Å²) < 4.78 is 6.30. The Morgan fingerprint density at radius 1 is 1.23 bits per heavy atom. The van der Waals surface area contributed by atoms with E-state index in [0.29, 0.717) is 26.8 Å². The van der Waals surface area contributed by atoms with Crippen molar-refractivity contribution < 1.29 is 9.53 Å². The normalized spacial score (nSPS) is 12.2. The van der Waals surface area contributed by atoms with Gasteiger partial charge in [0.05, 0.1) is 23.7 Å². The zero-order valence-corrected chi connectivity index (χ0v) is 16.1. The average Bonchev–Trinajstić information content (AvgIpc) is 2.62. The third-order valence-corrected chi connectivity index (χ3v) is 5.17. The fourth-order valence-corrected chi connectivity index (χ4v) is 3.63. The zero-order valence-electron chi connectivity index (χ0n) is 14.5. The van der Waals surface area contributed by atoms with Gasteiger partial charge >= 0.3 is 5.97 Å².